The van der Waals surface area contributed by atoms with E-state index in [0.29, 0.717) is 18.5 Å². The second-order valence-electron chi connectivity index (χ2n) is 9.57. The van der Waals surface area contributed by atoms with Gasteiger partial charge >= 0.3 is 5.97 Å². The van der Waals surface area contributed by atoms with Crippen molar-refractivity contribution < 1.29 is 19.5 Å². The summed E-state index contributed by atoms with van der Waals surface area (Å²) in [6.07, 6.45) is 5.62. The van der Waals surface area contributed by atoms with Crippen molar-refractivity contribution in [2.24, 2.45) is 0 Å². The lowest BCUT2D eigenvalue weighted by Gasteiger charge is -2.23. The van der Waals surface area contributed by atoms with Gasteiger partial charge in [0.05, 0.1) is 12.5 Å². The summed E-state index contributed by atoms with van der Waals surface area (Å²) < 4.78 is 0. The number of hydrogen-bond donors (Lipinski definition) is 4. The zero-order chi connectivity index (χ0) is 28.9. The maximum atomic E-state index is 13.5. The zero-order valence-corrected chi connectivity index (χ0v) is 22.6. The van der Waals surface area contributed by atoms with E-state index in [4.69, 9.17) is 0 Å². The lowest BCUT2D eigenvalue weighted by atomic mass is 9.98. The number of carboxylic acids is 1. The minimum atomic E-state index is -1.04. The summed E-state index contributed by atoms with van der Waals surface area (Å²) in [6, 6.07) is 24.7. The lowest BCUT2D eigenvalue weighted by molar-refractivity contribution is -0.138. The van der Waals surface area contributed by atoms with Crippen LogP contribution >= 0.6 is 0 Å². The van der Waals surface area contributed by atoms with Crippen molar-refractivity contribution in [1.29, 1.82) is 0 Å². The largest absolute Gasteiger partial charge is 0.481 e. The van der Waals surface area contributed by atoms with Crippen molar-refractivity contribution in [3.8, 4) is 11.1 Å². The lowest BCUT2D eigenvalue weighted by Crippen LogP contribution is -2.49. The Morgan fingerprint density at radius 2 is 1.49 bits per heavy atom. The molecule has 2 aromatic heterocycles. The van der Waals surface area contributed by atoms with E-state index in [1.54, 1.807) is 30.7 Å². The van der Waals surface area contributed by atoms with Gasteiger partial charge in [-0.25, -0.2) is 4.98 Å². The average Bonchev–Trinajstić information content (AvgIpc) is 3.00. The first-order valence-electron chi connectivity index (χ1n) is 13.5. The molecule has 0 saturated carbocycles. The van der Waals surface area contributed by atoms with Crippen molar-refractivity contribution in [3.63, 3.8) is 0 Å². The Kier molecular flexibility index (Phi) is 10.5. The van der Waals surface area contributed by atoms with Gasteiger partial charge in [-0.3, -0.25) is 19.4 Å². The molecule has 0 aliphatic carbocycles. The summed E-state index contributed by atoms with van der Waals surface area (Å²) in [6.45, 7) is 0.547. The van der Waals surface area contributed by atoms with Crippen LogP contribution in [-0.4, -0.2) is 45.4 Å². The van der Waals surface area contributed by atoms with Gasteiger partial charge in [0.2, 0.25) is 11.8 Å². The number of amides is 2. The van der Waals surface area contributed by atoms with Crippen LogP contribution in [-0.2, 0) is 20.8 Å². The monoisotopic (exact) mass is 551 g/mol. The molecule has 2 amide bonds. The van der Waals surface area contributed by atoms with E-state index in [2.05, 4.69) is 25.9 Å². The van der Waals surface area contributed by atoms with Gasteiger partial charge in [-0.2, -0.15) is 0 Å². The second kappa shape index (κ2) is 14.9. The van der Waals surface area contributed by atoms with E-state index in [1.165, 1.54) is 0 Å². The van der Waals surface area contributed by atoms with Gasteiger partial charge < -0.3 is 21.1 Å². The summed E-state index contributed by atoms with van der Waals surface area (Å²) in [5.41, 5.74) is 3.50. The van der Waals surface area contributed by atoms with E-state index in [9.17, 15) is 19.5 Å². The van der Waals surface area contributed by atoms with E-state index < -0.39 is 24.0 Å². The van der Waals surface area contributed by atoms with Crippen LogP contribution in [0, 0.1) is 0 Å². The predicted octanol–water partition coefficient (Wildman–Crippen LogP) is 4.40. The number of benzene rings is 2. The summed E-state index contributed by atoms with van der Waals surface area (Å²) in [5.74, 6) is -1.05. The molecule has 2 atom stereocenters. The molecule has 2 heterocycles. The third kappa shape index (κ3) is 9.28. The van der Waals surface area contributed by atoms with E-state index in [1.807, 2.05) is 72.8 Å². The SMILES string of the molecule is O=C(O)CC(NC(=O)[C@H](Cc1ccncc1)NC(=O)CCCNc1ccccn1)c1ccc(-c2ccccc2)cc1. The van der Waals surface area contributed by atoms with E-state index in [-0.39, 0.29) is 25.2 Å². The van der Waals surface area contributed by atoms with Crippen LogP contribution in [0.5, 0.6) is 0 Å². The molecule has 9 heteroatoms. The van der Waals surface area contributed by atoms with Gasteiger partial charge in [-0.05, 0) is 52.9 Å². The second-order valence-corrected chi connectivity index (χ2v) is 9.57. The van der Waals surface area contributed by atoms with Crippen molar-refractivity contribution in [3.05, 3.63) is 115 Å². The fourth-order valence-corrected chi connectivity index (χ4v) is 4.40. The summed E-state index contributed by atoms with van der Waals surface area (Å²) in [7, 11) is 0. The topological polar surface area (TPSA) is 133 Å². The molecule has 4 N–H and O–H groups in total. The predicted molar refractivity (Wildman–Crippen MR) is 157 cm³/mol. The standard InChI is InChI=1S/C32H33N5O4/c38-30(10-6-18-35-29-9-4-5-17-34-29)36-28(21-23-15-19-33-20-16-23)32(41)37-27(22-31(39)40)26-13-11-25(12-14-26)24-7-2-1-3-8-24/h1-5,7-9,11-17,19-20,27-28H,6,10,18,21-22H2,(H,34,35)(H,36,38)(H,37,41)(H,39,40)/t27?,28-/m0/s1. The van der Waals surface area contributed by atoms with Crippen LogP contribution in [0.1, 0.15) is 36.4 Å². The van der Waals surface area contributed by atoms with Crippen LogP contribution in [0.25, 0.3) is 11.1 Å². The van der Waals surface area contributed by atoms with Crippen molar-refractivity contribution in [1.82, 2.24) is 20.6 Å². The summed E-state index contributed by atoms with van der Waals surface area (Å²) >= 11 is 0. The van der Waals surface area contributed by atoms with Crippen LogP contribution in [0.2, 0.25) is 0 Å². The minimum Gasteiger partial charge on any atom is -0.481 e. The molecule has 0 radical (unpaired) electrons. The average molecular weight is 552 g/mol. The fraction of sp³-hybridized carbons (Fsp3) is 0.219. The van der Waals surface area contributed by atoms with Crippen molar-refractivity contribution in [2.75, 3.05) is 11.9 Å². The number of hydrogen-bond acceptors (Lipinski definition) is 6. The Morgan fingerprint density at radius 1 is 0.780 bits per heavy atom. The molecule has 2 aromatic carbocycles. The third-order valence-corrected chi connectivity index (χ3v) is 6.51. The molecule has 0 saturated heterocycles. The Balaban J connectivity index is 1.42. The molecule has 4 rings (SSSR count). The molecule has 210 valence electrons. The van der Waals surface area contributed by atoms with Gasteiger partial charge in [-0.1, -0.05) is 60.7 Å². The number of anilines is 1. The van der Waals surface area contributed by atoms with Gasteiger partial charge in [0.15, 0.2) is 0 Å². The van der Waals surface area contributed by atoms with Gasteiger partial charge in [-0.15, -0.1) is 0 Å². The number of aliphatic carboxylic acids is 1. The number of carbonyl (C=O) groups excluding carboxylic acids is 2. The molecule has 1 unspecified atom stereocenters. The number of pyridine rings is 2. The molecule has 4 aromatic rings. The quantitative estimate of drug-likeness (QED) is 0.171. The Bertz CT molecular complexity index is 1400. The molecular weight excluding hydrogens is 518 g/mol. The Morgan fingerprint density at radius 3 is 2.17 bits per heavy atom. The Labute approximate surface area is 239 Å². The third-order valence-electron chi connectivity index (χ3n) is 6.51. The van der Waals surface area contributed by atoms with Crippen LogP contribution in [0.4, 0.5) is 5.82 Å². The highest BCUT2D eigenvalue weighted by molar-refractivity contribution is 5.88. The molecular formula is C32H33N5O4. The van der Waals surface area contributed by atoms with Gasteiger partial charge in [0.25, 0.3) is 0 Å². The highest BCUT2D eigenvalue weighted by atomic mass is 16.4. The van der Waals surface area contributed by atoms with Crippen molar-refractivity contribution in [2.45, 2.75) is 37.8 Å². The highest BCUT2D eigenvalue weighted by Crippen LogP contribution is 2.24. The fourth-order valence-electron chi connectivity index (χ4n) is 4.40. The van der Waals surface area contributed by atoms with Crippen LogP contribution in [0.3, 0.4) is 0 Å². The molecule has 0 fully saturated rings. The molecule has 41 heavy (non-hydrogen) atoms. The number of aromatic nitrogens is 2. The van der Waals surface area contributed by atoms with Crippen LogP contribution < -0.4 is 16.0 Å². The molecule has 0 aliphatic rings. The first-order valence-corrected chi connectivity index (χ1v) is 13.5. The number of carbonyl (C=O) groups is 3. The van der Waals surface area contributed by atoms with Crippen LogP contribution in [0.15, 0.2) is 104 Å². The normalized spacial score (nSPS) is 12.1. The molecule has 0 bridgehead atoms. The van der Waals surface area contributed by atoms with Gasteiger partial charge in [0, 0.05) is 38.0 Å². The van der Waals surface area contributed by atoms with E-state index >= 15 is 0 Å². The molecule has 0 spiro atoms. The number of nitrogens with zero attached hydrogens (tertiary/aromatic N) is 2. The number of rotatable bonds is 14. The maximum absolute atomic E-state index is 13.5. The first kappa shape index (κ1) is 28.9. The first-order chi connectivity index (χ1) is 20.0. The van der Waals surface area contributed by atoms with Crippen molar-refractivity contribution >= 4 is 23.6 Å². The molecule has 0 aliphatic heterocycles. The summed E-state index contributed by atoms with van der Waals surface area (Å²) in [5, 5.41) is 18.4. The Hall–Kier alpha value is -5.05. The minimum absolute atomic E-state index is 0.208. The van der Waals surface area contributed by atoms with E-state index in [0.717, 1.165) is 22.5 Å². The summed E-state index contributed by atoms with van der Waals surface area (Å²) in [4.78, 5) is 46.2. The maximum Gasteiger partial charge on any atom is 0.305 e. The number of nitrogens with one attached hydrogen (secondary N) is 3. The number of carboxylic acid groups (broad SMARTS) is 1. The van der Waals surface area contributed by atoms with Gasteiger partial charge in [0.1, 0.15) is 11.9 Å². The zero-order valence-electron chi connectivity index (χ0n) is 22.6. The smallest absolute Gasteiger partial charge is 0.305 e. The highest BCUT2D eigenvalue weighted by Gasteiger charge is 2.26. The molecule has 9 nitrogen and oxygen atoms in total.